The van der Waals surface area contributed by atoms with Gasteiger partial charge in [-0.05, 0) is 24.9 Å². The molecule has 108 valence electrons. The normalized spacial score (nSPS) is 17.6. The van der Waals surface area contributed by atoms with Gasteiger partial charge < -0.3 is 15.4 Å². The van der Waals surface area contributed by atoms with E-state index in [-0.39, 0.29) is 29.4 Å². The van der Waals surface area contributed by atoms with Gasteiger partial charge in [0.2, 0.25) is 0 Å². The maximum atomic E-state index is 5.23. The van der Waals surface area contributed by atoms with Gasteiger partial charge in [-0.3, -0.25) is 4.99 Å². The van der Waals surface area contributed by atoms with E-state index in [1.807, 2.05) is 18.8 Å². The molecule has 0 atom stereocenters. The summed E-state index contributed by atoms with van der Waals surface area (Å²) in [5.74, 6) is 2.14. The second-order valence-electron chi connectivity index (χ2n) is 4.86. The van der Waals surface area contributed by atoms with Crippen LogP contribution in [0.25, 0.3) is 0 Å². The molecule has 1 aliphatic heterocycles. The van der Waals surface area contributed by atoms with Crippen molar-refractivity contribution < 1.29 is 4.74 Å². The summed E-state index contributed by atoms with van der Waals surface area (Å²) < 4.78 is 5.23. The highest BCUT2D eigenvalue weighted by Crippen LogP contribution is 2.24. The molecular weight excluding hydrogens is 361 g/mol. The molecule has 18 heavy (non-hydrogen) atoms. The van der Waals surface area contributed by atoms with Gasteiger partial charge in [0.1, 0.15) is 0 Å². The van der Waals surface area contributed by atoms with E-state index in [1.54, 1.807) is 0 Å². The van der Waals surface area contributed by atoms with Crippen LogP contribution in [0.5, 0.6) is 0 Å². The molecule has 4 nitrogen and oxygen atoms in total. The van der Waals surface area contributed by atoms with Crippen LogP contribution in [0.3, 0.4) is 0 Å². The Kier molecular flexibility index (Phi) is 10.3. The molecule has 0 aromatic heterocycles. The molecule has 6 heteroatoms. The number of aliphatic imine (C=N–C) groups is 1. The minimum absolute atomic E-state index is 0. The molecule has 0 unspecified atom stereocenters. The van der Waals surface area contributed by atoms with Gasteiger partial charge >= 0.3 is 0 Å². The van der Waals surface area contributed by atoms with E-state index in [2.05, 4.69) is 28.8 Å². The first kappa shape index (κ1) is 18.3. The van der Waals surface area contributed by atoms with Crippen molar-refractivity contribution in [1.82, 2.24) is 10.6 Å². The van der Waals surface area contributed by atoms with E-state index in [1.165, 1.54) is 18.6 Å². The topological polar surface area (TPSA) is 45.7 Å². The molecule has 0 radical (unpaired) electrons. The van der Waals surface area contributed by atoms with Gasteiger partial charge in [0.15, 0.2) is 5.96 Å². The van der Waals surface area contributed by atoms with Gasteiger partial charge in [0.25, 0.3) is 0 Å². The average Bonchev–Trinajstić information content (AvgIpc) is 2.30. The number of halogens is 1. The number of hydrogen-bond acceptors (Lipinski definition) is 3. The number of nitrogens with zero attached hydrogens (tertiary/aromatic N) is 1. The Hall–Kier alpha value is 0.310. The fraction of sp³-hybridized carbons (Fsp3) is 0.917. The Labute approximate surface area is 132 Å². The number of unbranched alkanes of at least 4 members (excludes halogenated alkanes) is 1. The number of ether oxygens (including phenoxy) is 1. The predicted molar refractivity (Wildman–Crippen MR) is 91.3 cm³/mol. The van der Waals surface area contributed by atoms with Gasteiger partial charge in [-0.15, -0.1) is 24.0 Å². The maximum absolute atomic E-state index is 5.23. The molecule has 1 saturated heterocycles. The summed E-state index contributed by atoms with van der Waals surface area (Å²) in [7, 11) is 1.82. The summed E-state index contributed by atoms with van der Waals surface area (Å²) in [5, 5.41) is 6.69. The number of hydrogen-bond donors (Lipinski definition) is 2. The zero-order chi connectivity index (χ0) is 12.6. The number of thioether (sulfide) groups is 1. The summed E-state index contributed by atoms with van der Waals surface area (Å²) in [6.07, 6.45) is 4.61. The second kappa shape index (κ2) is 10.1. The minimum Gasteiger partial charge on any atom is -0.380 e. The van der Waals surface area contributed by atoms with Crippen molar-refractivity contribution in [3.8, 4) is 0 Å². The van der Waals surface area contributed by atoms with E-state index in [0.29, 0.717) is 0 Å². The molecule has 0 amide bonds. The van der Waals surface area contributed by atoms with Crippen LogP contribution in [-0.4, -0.2) is 51.3 Å². The standard InChI is InChI=1S/C12H25N3OS.HI/c1-12(9-16-10-12)8-15-11(13-2)14-6-4-5-7-17-3;/h4-10H2,1-3H3,(H2,13,14,15);1H. The molecule has 1 fully saturated rings. The summed E-state index contributed by atoms with van der Waals surface area (Å²) in [6, 6.07) is 0. The first-order valence-corrected chi connectivity index (χ1v) is 7.61. The second-order valence-corrected chi connectivity index (χ2v) is 5.84. The summed E-state index contributed by atoms with van der Waals surface area (Å²) in [5.41, 5.74) is 0.288. The van der Waals surface area contributed by atoms with Gasteiger partial charge in [-0.1, -0.05) is 6.92 Å². The van der Waals surface area contributed by atoms with Gasteiger partial charge in [0, 0.05) is 25.6 Å². The van der Waals surface area contributed by atoms with Gasteiger partial charge in [0.05, 0.1) is 13.2 Å². The Bertz CT molecular complexity index is 247. The minimum atomic E-state index is 0. The van der Waals surface area contributed by atoms with Crippen LogP contribution in [0.4, 0.5) is 0 Å². The van der Waals surface area contributed by atoms with Gasteiger partial charge in [-0.2, -0.15) is 11.8 Å². The maximum Gasteiger partial charge on any atom is 0.190 e. The highest BCUT2D eigenvalue weighted by atomic mass is 127. The lowest BCUT2D eigenvalue weighted by Gasteiger charge is -2.38. The smallest absolute Gasteiger partial charge is 0.190 e. The quantitative estimate of drug-likeness (QED) is 0.303. The number of guanidine groups is 1. The Balaban J connectivity index is 0.00000289. The largest absolute Gasteiger partial charge is 0.380 e. The van der Waals surface area contributed by atoms with E-state index < -0.39 is 0 Å². The lowest BCUT2D eigenvalue weighted by atomic mass is 9.89. The summed E-state index contributed by atoms with van der Waals surface area (Å²) in [6.45, 7) is 5.86. The lowest BCUT2D eigenvalue weighted by molar-refractivity contribution is -0.0971. The van der Waals surface area contributed by atoms with Crippen molar-refractivity contribution in [2.45, 2.75) is 19.8 Å². The van der Waals surface area contributed by atoms with Crippen molar-refractivity contribution >= 4 is 41.7 Å². The lowest BCUT2D eigenvalue weighted by Crippen LogP contribution is -2.51. The van der Waals surface area contributed by atoms with E-state index >= 15 is 0 Å². The van der Waals surface area contributed by atoms with E-state index in [0.717, 1.165) is 32.3 Å². The highest BCUT2D eigenvalue weighted by molar-refractivity contribution is 14.0. The van der Waals surface area contributed by atoms with Crippen LogP contribution in [0.2, 0.25) is 0 Å². The monoisotopic (exact) mass is 387 g/mol. The van der Waals surface area contributed by atoms with Crippen LogP contribution in [-0.2, 0) is 4.74 Å². The molecule has 0 spiro atoms. The fourth-order valence-corrected chi connectivity index (χ4v) is 2.14. The molecule has 2 N–H and O–H groups in total. The van der Waals surface area contributed by atoms with Crippen LogP contribution >= 0.6 is 35.7 Å². The molecular formula is C12H26IN3OS. The fourth-order valence-electron chi connectivity index (χ4n) is 1.65. The summed E-state index contributed by atoms with van der Waals surface area (Å²) in [4.78, 5) is 4.22. The SMILES string of the molecule is CN=C(NCCCCSC)NCC1(C)COC1.I. The molecule has 1 rings (SSSR count). The zero-order valence-electron chi connectivity index (χ0n) is 11.6. The zero-order valence-corrected chi connectivity index (χ0v) is 14.8. The Morgan fingerprint density at radius 3 is 2.56 bits per heavy atom. The number of nitrogens with one attached hydrogen (secondary N) is 2. The highest BCUT2D eigenvalue weighted by Gasteiger charge is 2.33. The number of rotatable bonds is 7. The van der Waals surface area contributed by atoms with E-state index in [9.17, 15) is 0 Å². The Morgan fingerprint density at radius 1 is 1.33 bits per heavy atom. The van der Waals surface area contributed by atoms with Crippen LogP contribution in [0.1, 0.15) is 19.8 Å². The first-order valence-electron chi connectivity index (χ1n) is 6.21. The van der Waals surface area contributed by atoms with Crippen molar-refractivity contribution in [2.24, 2.45) is 10.4 Å². The third kappa shape index (κ3) is 7.04. The molecule has 0 aliphatic carbocycles. The van der Waals surface area contributed by atoms with Crippen LogP contribution in [0.15, 0.2) is 4.99 Å². The van der Waals surface area contributed by atoms with Crippen LogP contribution in [0, 0.1) is 5.41 Å². The van der Waals surface area contributed by atoms with E-state index in [4.69, 9.17) is 4.74 Å². The molecule has 0 aromatic rings. The molecule has 0 saturated carbocycles. The average molecular weight is 387 g/mol. The Morgan fingerprint density at radius 2 is 2.06 bits per heavy atom. The van der Waals surface area contributed by atoms with Gasteiger partial charge in [-0.25, -0.2) is 0 Å². The van der Waals surface area contributed by atoms with Crippen LogP contribution < -0.4 is 10.6 Å². The third-order valence-electron chi connectivity index (χ3n) is 2.87. The van der Waals surface area contributed by atoms with Crippen molar-refractivity contribution in [2.75, 3.05) is 45.4 Å². The molecule has 1 aliphatic rings. The molecule has 0 aromatic carbocycles. The molecule has 1 heterocycles. The summed E-state index contributed by atoms with van der Waals surface area (Å²) >= 11 is 1.90. The van der Waals surface area contributed by atoms with Crippen molar-refractivity contribution in [3.05, 3.63) is 0 Å². The van der Waals surface area contributed by atoms with Crippen molar-refractivity contribution in [1.29, 1.82) is 0 Å². The predicted octanol–water partition coefficient (Wildman–Crippen LogP) is 1.95. The molecule has 0 bridgehead atoms. The third-order valence-corrected chi connectivity index (χ3v) is 3.57. The first-order chi connectivity index (χ1) is 8.20. The van der Waals surface area contributed by atoms with Crippen molar-refractivity contribution in [3.63, 3.8) is 0 Å².